The summed E-state index contributed by atoms with van der Waals surface area (Å²) in [6.07, 6.45) is -4.35. The molecule has 1 amide bonds. The van der Waals surface area contributed by atoms with Crippen LogP contribution in [0.15, 0.2) is 42.5 Å². The van der Waals surface area contributed by atoms with Crippen molar-refractivity contribution in [2.24, 2.45) is 0 Å². The maximum atomic E-state index is 12.7. The van der Waals surface area contributed by atoms with Crippen LogP contribution in [-0.4, -0.2) is 37.1 Å². The number of fused-ring (bicyclic) bond motifs is 1. The molecule has 0 aromatic heterocycles. The molecule has 5 nitrogen and oxygen atoms in total. The van der Waals surface area contributed by atoms with Gasteiger partial charge < -0.3 is 14.8 Å². The minimum Gasteiger partial charge on any atom is -0.486 e. The fourth-order valence-electron chi connectivity index (χ4n) is 2.86. The quantitative estimate of drug-likeness (QED) is 0.807. The summed E-state index contributed by atoms with van der Waals surface area (Å²) >= 11 is 0. The largest absolute Gasteiger partial charge is 0.486 e. The van der Waals surface area contributed by atoms with E-state index in [1.165, 1.54) is 12.1 Å². The van der Waals surface area contributed by atoms with E-state index in [2.05, 4.69) is 5.32 Å². The highest BCUT2D eigenvalue weighted by atomic mass is 19.4. The molecule has 2 aromatic rings. The molecule has 0 spiro atoms. The van der Waals surface area contributed by atoms with E-state index in [0.717, 1.165) is 12.1 Å². The van der Waals surface area contributed by atoms with Crippen LogP contribution in [-0.2, 0) is 17.5 Å². The van der Waals surface area contributed by atoms with E-state index in [1.807, 2.05) is 11.8 Å². The lowest BCUT2D eigenvalue weighted by Gasteiger charge is -2.21. The lowest BCUT2D eigenvalue weighted by atomic mass is 10.1. The minimum atomic E-state index is -4.35. The van der Waals surface area contributed by atoms with Crippen molar-refractivity contribution in [3.8, 4) is 11.5 Å². The Bertz CT molecular complexity index is 822. The molecule has 1 heterocycles. The number of ether oxygens (including phenoxy) is 2. The summed E-state index contributed by atoms with van der Waals surface area (Å²) < 4.78 is 48.9. The van der Waals surface area contributed by atoms with E-state index in [0.29, 0.717) is 49.1 Å². The monoisotopic (exact) mass is 394 g/mol. The molecule has 0 atom stereocenters. The maximum absolute atomic E-state index is 12.7. The van der Waals surface area contributed by atoms with Crippen LogP contribution in [0.2, 0.25) is 0 Å². The molecule has 1 aliphatic heterocycles. The van der Waals surface area contributed by atoms with Crippen molar-refractivity contribution in [2.45, 2.75) is 19.6 Å². The van der Waals surface area contributed by atoms with Gasteiger partial charge in [0, 0.05) is 18.3 Å². The van der Waals surface area contributed by atoms with Gasteiger partial charge in [-0.15, -0.1) is 0 Å². The molecule has 3 rings (SSSR count). The Hall–Kier alpha value is -2.74. The van der Waals surface area contributed by atoms with Gasteiger partial charge in [0.15, 0.2) is 11.5 Å². The Morgan fingerprint density at radius 2 is 1.75 bits per heavy atom. The number of likely N-dealkylation sites (N-methyl/N-ethyl adjacent to an activating group) is 1. The Labute approximate surface area is 161 Å². The number of carbonyl (C=O) groups is 1. The lowest BCUT2D eigenvalue weighted by Crippen LogP contribution is -2.32. The van der Waals surface area contributed by atoms with Gasteiger partial charge in [0.2, 0.25) is 5.91 Å². The molecule has 1 aliphatic rings. The molecule has 0 radical (unpaired) electrons. The fourth-order valence-corrected chi connectivity index (χ4v) is 2.86. The molecule has 150 valence electrons. The van der Waals surface area contributed by atoms with Crippen LogP contribution in [0.5, 0.6) is 11.5 Å². The summed E-state index contributed by atoms with van der Waals surface area (Å²) in [5.74, 6) is 1.01. The van der Waals surface area contributed by atoms with Gasteiger partial charge in [0.25, 0.3) is 0 Å². The topological polar surface area (TPSA) is 50.8 Å². The highest BCUT2D eigenvalue weighted by Crippen LogP contribution is 2.32. The Morgan fingerprint density at radius 3 is 2.39 bits per heavy atom. The first-order valence-electron chi connectivity index (χ1n) is 8.93. The van der Waals surface area contributed by atoms with Gasteiger partial charge in [-0.25, -0.2) is 0 Å². The number of hydrogen-bond donors (Lipinski definition) is 1. The zero-order chi connectivity index (χ0) is 20.1. The van der Waals surface area contributed by atoms with Crippen LogP contribution in [0.25, 0.3) is 0 Å². The van der Waals surface area contributed by atoms with Gasteiger partial charge in [-0.3, -0.25) is 9.69 Å². The van der Waals surface area contributed by atoms with E-state index in [-0.39, 0.29) is 12.5 Å². The average molecular weight is 394 g/mol. The van der Waals surface area contributed by atoms with E-state index in [1.54, 1.807) is 18.2 Å². The summed E-state index contributed by atoms with van der Waals surface area (Å²) in [6, 6.07) is 10.2. The number of anilines is 1. The van der Waals surface area contributed by atoms with Crippen molar-refractivity contribution in [1.82, 2.24) is 4.90 Å². The number of nitrogens with one attached hydrogen (secondary N) is 1. The van der Waals surface area contributed by atoms with E-state index in [9.17, 15) is 18.0 Å². The zero-order valence-corrected chi connectivity index (χ0v) is 15.4. The molecule has 0 fully saturated rings. The molecular formula is C20H21F3N2O3. The van der Waals surface area contributed by atoms with Crippen molar-refractivity contribution in [3.63, 3.8) is 0 Å². The second-order valence-electron chi connectivity index (χ2n) is 6.40. The summed E-state index contributed by atoms with van der Waals surface area (Å²) in [4.78, 5) is 14.2. The van der Waals surface area contributed by atoms with Crippen molar-refractivity contribution in [2.75, 3.05) is 31.6 Å². The van der Waals surface area contributed by atoms with Crippen molar-refractivity contribution >= 4 is 11.6 Å². The zero-order valence-electron chi connectivity index (χ0n) is 15.4. The number of halogens is 3. The highest BCUT2D eigenvalue weighted by molar-refractivity contribution is 5.92. The molecule has 8 heteroatoms. The minimum absolute atomic E-state index is 0.117. The van der Waals surface area contributed by atoms with Crippen molar-refractivity contribution in [3.05, 3.63) is 53.6 Å². The average Bonchev–Trinajstić information content (AvgIpc) is 2.67. The lowest BCUT2D eigenvalue weighted by molar-refractivity contribution is -0.137. The standard InChI is InChI=1S/C20H21F3N2O3/c1-2-25(12-14-3-5-15(6-4-14)20(21,22)23)13-19(26)24-16-7-8-17-18(11-16)28-10-9-27-17/h3-8,11H,2,9-10,12-13H2,1H3,(H,24,26). The predicted molar refractivity (Wildman–Crippen MR) is 98.5 cm³/mol. The molecule has 2 aromatic carbocycles. The number of benzene rings is 2. The molecule has 0 bridgehead atoms. The molecule has 0 saturated carbocycles. The Balaban J connectivity index is 1.57. The van der Waals surface area contributed by atoms with E-state index < -0.39 is 11.7 Å². The summed E-state index contributed by atoms with van der Waals surface area (Å²) in [5, 5.41) is 2.81. The first-order valence-corrected chi connectivity index (χ1v) is 8.93. The number of carbonyl (C=O) groups excluding carboxylic acids is 1. The molecule has 0 unspecified atom stereocenters. The van der Waals surface area contributed by atoms with Crippen LogP contribution >= 0.6 is 0 Å². The normalized spacial score (nSPS) is 13.5. The molecule has 28 heavy (non-hydrogen) atoms. The van der Waals surface area contributed by atoms with Gasteiger partial charge >= 0.3 is 6.18 Å². The Kier molecular flexibility index (Phi) is 6.08. The molecule has 1 N–H and O–H groups in total. The van der Waals surface area contributed by atoms with Crippen LogP contribution in [0.3, 0.4) is 0 Å². The maximum Gasteiger partial charge on any atom is 0.416 e. The van der Waals surface area contributed by atoms with Crippen LogP contribution < -0.4 is 14.8 Å². The van der Waals surface area contributed by atoms with E-state index >= 15 is 0 Å². The Morgan fingerprint density at radius 1 is 1.07 bits per heavy atom. The van der Waals surface area contributed by atoms with Crippen LogP contribution in [0, 0.1) is 0 Å². The van der Waals surface area contributed by atoms with Crippen LogP contribution in [0.4, 0.5) is 18.9 Å². The number of nitrogens with zero attached hydrogens (tertiary/aromatic N) is 1. The van der Waals surface area contributed by atoms with Gasteiger partial charge in [0.05, 0.1) is 12.1 Å². The molecule has 0 aliphatic carbocycles. The first-order chi connectivity index (χ1) is 13.3. The van der Waals surface area contributed by atoms with Gasteiger partial charge in [-0.05, 0) is 36.4 Å². The molecular weight excluding hydrogens is 373 g/mol. The second-order valence-corrected chi connectivity index (χ2v) is 6.40. The summed E-state index contributed by atoms with van der Waals surface area (Å²) in [6.45, 7) is 3.92. The number of amides is 1. The van der Waals surface area contributed by atoms with Crippen molar-refractivity contribution < 1.29 is 27.4 Å². The fraction of sp³-hybridized carbons (Fsp3) is 0.350. The third kappa shape index (κ3) is 5.16. The number of hydrogen-bond acceptors (Lipinski definition) is 4. The molecule has 0 saturated heterocycles. The smallest absolute Gasteiger partial charge is 0.416 e. The summed E-state index contributed by atoms with van der Waals surface area (Å²) in [5.41, 5.74) is 0.623. The van der Waals surface area contributed by atoms with Gasteiger partial charge in [-0.2, -0.15) is 13.2 Å². The highest BCUT2D eigenvalue weighted by Gasteiger charge is 2.30. The second kappa shape index (κ2) is 8.52. The number of alkyl halides is 3. The first kappa shape index (κ1) is 20.0. The SMILES string of the molecule is CCN(CC(=O)Nc1ccc2c(c1)OCCO2)Cc1ccc(C(F)(F)F)cc1. The number of rotatable bonds is 6. The van der Waals surface area contributed by atoms with Gasteiger partial charge in [0.1, 0.15) is 13.2 Å². The third-order valence-electron chi connectivity index (χ3n) is 4.33. The summed E-state index contributed by atoms with van der Waals surface area (Å²) in [7, 11) is 0. The van der Waals surface area contributed by atoms with E-state index in [4.69, 9.17) is 9.47 Å². The van der Waals surface area contributed by atoms with Crippen LogP contribution in [0.1, 0.15) is 18.1 Å². The van der Waals surface area contributed by atoms with Crippen molar-refractivity contribution in [1.29, 1.82) is 0 Å². The third-order valence-corrected chi connectivity index (χ3v) is 4.33. The van der Waals surface area contributed by atoms with Gasteiger partial charge in [-0.1, -0.05) is 19.1 Å². The predicted octanol–water partition coefficient (Wildman–Crippen LogP) is 3.94.